The molecule has 0 heterocycles. The van der Waals surface area contributed by atoms with Gasteiger partial charge in [0.1, 0.15) is 11.8 Å². The molecule has 0 amide bonds. The highest BCUT2D eigenvalue weighted by Gasteiger charge is 2.12. The van der Waals surface area contributed by atoms with E-state index in [2.05, 4.69) is 4.74 Å². The second-order valence-electron chi connectivity index (χ2n) is 5.23. The number of hydrogen-bond donors (Lipinski definition) is 0. The third-order valence-corrected chi connectivity index (χ3v) is 3.45. The molecule has 0 atom stereocenters. The molecular weight excluding hydrogens is 334 g/mol. The van der Waals surface area contributed by atoms with Crippen molar-refractivity contribution in [3.05, 3.63) is 65.2 Å². The summed E-state index contributed by atoms with van der Waals surface area (Å²) in [5, 5.41) is 9.12. The van der Waals surface area contributed by atoms with Crippen LogP contribution in [0.15, 0.2) is 48.5 Å². The molecule has 0 radical (unpaired) electrons. The first kappa shape index (κ1) is 18.7. The molecule has 0 aliphatic heterocycles. The Labute approximate surface area is 151 Å². The van der Waals surface area contributed by atoms with E-state index in [9.17, 15) is 9.59 Å². The fourth-order valence-electron chi connectivity index (χ4n) is 2.17. The number of carbonyl (C=O) groups excluding carboxylic acids is 2. The predicted molar refractivity (Wildman–Crippen MR) is 94.5 cm³/mol. The highest BCUT2D eigenvalue weighted by molar-refractivity contribution is 5.87. The Balaban J connectivity index is 2.10. The van der Waals surface area contributed by atoms with Crippen LogP contribution in [0.25, 0.3) is 6.08 Å². The fourth-order valence-corrected chi connectivity index (χ4v) is 2.17. The van der Waals surface area contributed by atoms with Gasteiger partial charge in [0, 0.05) is 12.1 Å². The van der Waals surface area contributed by atoms with Gasteiger partial charge in [0.25, 0.3) is 0 Å². The van der Waals surface area contributed by atoms with Crippen molar-refractivity contribution in [2.24, 2.45) is 0 Å². The SMILES string of the molecule is COC(=O)/C=C/c1cccc(CC(=O)Oc2cc(OC)ccc2C#N)c1. The Hall–Kier alpha value is -3.59. The molecule has 132 valence electrons. The van der Waals surface area contributed by atoms with E-state index >= 15 is 0 Å². The second-order valence-corrected chi connectivity index (χ2v) is 5.23. The number of nitrogens with zero attached hydrogens (tertiary/aromatic N) is 1. The van der Waals surface area contributed by atoms with E-state index in [0.29, 0.717) is 11.3 Å². The van der Waals surface area contributed by atoms with Crippen molar-refractivity contribution < 1.29 is 23.8 Å². The first-order chi connectivity index (χ1) is 12.5. The highest BCUT2D eigenvalue weighted by Crippen LogP contribution is 2.24. The molecule has 0 spiro atoms. The van der Waals surface area contributed by atoms with Crippen LogP contribution >= 0.6 is 0 Å². The Bertz CT molecular complexity index is 880. The number of rotatable bonds is 6. The summed E-state index contributed by atoms with van der Waals surface area (Å²) in [6, 6.07) is 13.7. The molecule has 0 fully saturated rings. The molecule has 6 heteroatoms. The topological polar surface area (TPSA) is 85.6 Å². The number of esters is 2. The molecule has 0 saturated carbocycles. The number of carbonyl (C=O) groups is 2. The first-order valence-corrected chi connectivity index (χ1v) is 7.69. The zero-order valence-electron chi connectivity index (χ0n) is 14.4. The largest absolute Gasteiger partial charge is 0.497 e. The summed E-state index contributed by atoms with van der Waals surface area (Å²) < 4.78 is 14.9. The molecule has 0 aliphatic rings. The van der Waals surface area contributed by atoms with Gasteiger partial charge in [-0.25, -0.2) is 4.79 Å². The molecule has 26 heavy (non-hydrogen) atoms. The van der Waals surface area contributed by atoms with Crippen LogP contribution < -0.4 is 9.47 Å². The Kier molecular flexibility index (Phi) is 6.52. The van der Waals surface area contributed by atoms with E-state index in [1.807, 2.05) is 6.07 Å². The zero-order valence-corrected chi connectivity index (χ0v) is 14.4. The van der Waals surface area contributed by atoms with Crippen LogP contribution in [0.1, 0.15) is 16.7 Å². The molecule has 0 aromatic heterocycles. The summed E-state index contributed by atoms with van der Waals surface area (Å²) in [4.78, 5) is 23.4. The van der Waals surface area contributed by atoms with E-state index in [1.54, 1.807) is 36.4 Å². The molecule has 2 aromatic rings. The number of hydrogen-bond acceptors (Lipinski definition) is 6. The van der Waals surface area contributed by atoms with E-state index in [1.165, 1.54) is 32.4 Å². The summed E-state index contributed by atoms with van der Waals surface area (Å²) in [6.07, 6.45) is 2.91. The average molecular weight is 351 g/mol. The van der Waals surface area contributed by atoms with E-state index in [0.717, 1.165) is 5.56 Å². The van der Waals surface area contributed by atoms with Gasteiger partial charge in [0.05, 0.1) is 26.2 Å². The molecule has 2 aromatic carbocycles. The van der Waals surface area contributed by atoms with Gasteiger partial charge in [-0.15, -0.1) is 0 Å². The Morgan fingerprint density at radius 2 is 1.96 bits per heavy atom. The minimum Gasteiger partial charge on any atom is -0.497 e. The maximum absolute atomic E-state index is 12.2. The molecule has 0 N–H and O–H groups in total. The lowest BCUT2D eigenvalue weighted by Crippen LogP contribution is -2.12. The van der Waals surface area contributed by atoms with Crippen LogP contribution in [0.3, 0.4) is 0 Å². The number of methoxy groups -OCH3 is 2. The van der Waals surface area contributed by atoms with Gasteiger partial charge in [-0.1, -0.05) is 24.3 Å². The minimum atomic E-state index is -0.510. The lowest BCUT2D eigenvalue weighted by Gasteiger charge is -2.08. The molecular formula is C20H17NO5. The van der Waals surface area contributed by atoms with Crippen LogP contribution in [-0.2, 0) is 20.7 Å². The van der Waals surface area contributed by atoms with Gasteiger partial charge < -0.3 is 14.2 Å². The van der Waals surface area contributed by atoms with Crippen LogP contribution in [0.2, 0.25) is 0 Å². The maximum Gasteiger partial charge on any atom is 0.330 e. The summed E-state index contributed by atoms with van der Waals surface area (Å²) >= 11 is 0. The zero-order chi connectivity index (χ0) is 18.9. The van der Waals surface area contributed by atoms with E-state index < -0.39 is 11.9 Å². The quantitative estimate of drug-likeness (QED) is 0.452. The van der Waals surface area contributed by atoms with Gasteiger partial charge in [-0.3, -0.25) is 4.79 Å². The standard InChI is InChI=1S/C20H17NO5/c1-24-17-8-7-16(13-21)18(12-17)26-20(23)11-15-5-3-4-14(10-15)6-9-19(22)25-2/h3-10,12H,11H2,1-2H3/b9-6+. The fraction of sp³-hybridized carbons (Fsp3) is 0.150. The van der Waals surface area contributed by atoms with Crippen molar-refractivity contribution in [3.63, 3.8) is 0 Å². The maximum atomic E-state index is 12.2. The molecule has 6 nitrogen and oxygen atoms in total. The Morgan fingerprint density at radius 3 is 2.65 bits per heavy atom. The van der Waals surface area contributed by atoms with Crippen molar-refractivity contribution in [1.29, 1.82) is 5.26 Å². The Morgan fingerprint density at radius 1 is 1.15 bits per heavy atom. The van der Waals surface area contributed by atoms with Crippen LogP contribution in [0.4, 0.5) is 0 Å². The number of ether oxygens (including phenoxy) is 3. The monoisotopic (exact) mass is 351 g/mol. The van der Waals surface area contributed by atoms with Crippen molar-refractivity contribution in [2.75, 3.05) is 14.2 Å². The van der Waals surface area contributed by atoms with Crippen molar-refractivity contribution in [1.82, 2.24) is 0 Å². The lowest BCUT2D eigenvalue weighted by atomic mass is 10.1. The summed E-state index contributed by atoms with van der Waals surface area (Å²) in [6.45, 7) is 0. The van der Waals surface area contributed by atoms with Gasteiger partial charge in [-0.05, 0) is 29.3 Å². The van der Waals surface area contributed by atoms with Gasteiger partial charge in [0.2, 0.25) is 0 Å². The van der Waals surface area contributed by atoms with Crippen molar-refractivity contribution >= 4 is 18.0 Å². The van der Waals surface area contributed by atoms with Crippen LogP contribution in [0, 0.1) is 11.3 Å². The number of benzene rings is 2. The van der Waals surface area contributed by atoms with Crippen LogP contribution in [0.5, 0.6) is 11.5 Å². The third kappa shape index (κ3) is 5.21. The normalized spacial score (nSPS) is 10.2. The van der Waals surface area contributed by atoms with E-state index in [-0.39, 0.29) is 17.7 Å². The lowest BCUT2D eigenvalue weighted by molar-refractivity contribution is -0.135. The van der Waals surface area contributed by atoms with Crippen LogP contribution in [-0.4, -0.2) is 26.2 Å². The molecule has 0 bridgehead atoms. The number of nitriles is 1. The van der Waals surface area contributed by atoms with Crippen molar-refractivity contribution in [2.45, 2.75) is 6.42 Å². The molecule has 0 aliphatic carbocycles. The second kappa shape index (κ2) is 9.04. The summed E-state index contributed by atoms with van der Waals surface area (Å²) in [5.41, 5.74) is 1.71. The summed E-state index contributed by atoms with van der Waals surface area (Å²) in [5.74, 6) is -0.332. The first-order valence-electron chi connectivity index (χ1n) is 7.69. The molecule has 0 unspecified atom stereocenters. The van der Waals surface area contributed by atoms with Gasteiger partial charge in [0.15, 0.2) is 5.75 Å². The smallest absolute Gasteiger partial charge is 0.330 e. The molecule has 2 rings (SSSR count). The van der Waals surface area contributed by atoms with Gasteiger partial charge >= 0.3 is 11.9 Å². The third-order valence-electron chi connectivity index (χ3n) is 3.45. The predicted octanol–water partition coefficient (Wildman–Crippen LogP) is 2.90. The average Bonchev–Trinajstić information content (AvgIpc) is 2.66. The van der Waals surface area contributed by atoms with E-state index in [4.69, 9.17) is 14.7 Å². The van der Waals surface area contributed by atoms with Crippen molar-refractivity contribution in [3.8, 4) is 17.6 Å². The molecule has 0 saturated heterocycles. The highest BCUT2D eigenvalue weighted by atomic mass is 16.5. The summed E-state index contributed by atoms with van der Waals surface area (Å²) in [7, 11) is 2.79. The minimum absolute atomic E-state index is 0.0159. The van der Waals surface area contributed by atoms with Gasteiger partial charge in [-0.2, -0.15) is 5.26 Å².